The molecule has 27 rings (SSSR count). The molecule has 18 nitrogen and oxygen atoms in total. The third kappa shape index (κ3) is 13.7. The maximum atomic E-state index is 7.43. The Balaban J connectivity index is 0.655. The lowest BCUT2D eigenvalue weighted by molar-refractivity contribution is 0.420. The zero-order valence-electron chi connectivity index (χ0n) is 73.5. The van der Waals surface area contributed by atoms with E-state index in [1.54, 1.807) is 0 Å². The van der Waals surface area contributed by atoms with Crippen LogP contribution in [0.2, 0.25) is 0 Å². The van der Waals surface area contributed by atoms with Gasteiger partial charge in [0.2, 0.25) is 0 Å². The Morgan fingerprint density at radius 3 is 0.580 bits per heavy atom. The molecule has 6 N–H and O–H groups in total. The molecule has 138 heavy (non-hydrogen) atoms. The summed E-state index contributed by atoms with van der Waals surface area (Å²) in [5.74, 6) is 3.61. The first-order valence-corrected chi connectivity index (χ1v) is 45.8. The molecule has 0 aliphatic carbocycles. The van der Waals surface area contributed by atoms with Gasteiger partial charge in [0, 0.05) is 132 Å². The van der Waals surface area contributed by atoms with Crippen molar-refractivity contribution in [2.75, 3.05) is 0 Å². The maximum Gasteiger partial charge on any atom is 0.170 e. The molecular weight excluding hydrogens is 1700 g/mol. The van der Waals surface area contributed by atoms with Gasteiger partial charge in [-0.05, 0) is 178 Å². The van der Waals surface area contributed by atoms with E-state index in [2.05, 4.69) is 297 Å². The van der Waals surface area contributed by atoms with Crippen molar-refractivity contribution >= 4 is 137 Å². The molecule has 12 aromatic carbocycles. The fourth-order valence-electron chi connectivity index (χ4n) is 19.9. The van der Waals surface area contributed by atoms with Crippen LogP contribution in [-0.4, -0.2) is 79.7 Å². The Morgan fingerprint density at radius 2 is 0.355 bits per heavy atom. The van der Waals surface area contributed by atoms with Gasteiger partial charge in [0.05, 0.1) is 45.6 Å². The second-order valence-electron chi connectivity index (χ2n) is 34.5. The minimum atomic E-state index is 0.368. The summed E-state index contributed by atoms with van der Waals surface area (Å²) in [6.07, 6.45) is 17.0. The van der Waals surface area contributed by atoms with Crippen molar-refractivity contribution in [2.24, 2.45) is 0 Å². The number of ether oxygens (including phenoxy) is 2. The van der Waals surface area contributed by atoms with Gasteiger partial charge in [-0.2, -0.15) is 0 Å². The molecule has 9 aromatic heterocycles. The number of aromatic nitrogens is 16. The minimum absolute atomic E-state index is 0.368. The van der Waals surface area contributed by atoms with Gasteiger partial charge in [-0.15, -0.1) is 0 Å². The number of H-pyrrole nitrogens is 6. The van der Waals surface area contributed by atoms with Crippen LogP contribution in [0.5, 0.6) is 23.0 Å². The van der Waals surface area contributed by atoms with Gasteiger partial charge >= 0.3 is 0 Å². The number of benzene rings is 12. The van der Waals surface area contributed by atoms with Gasteiger partial charge in [-0.1, -0.05) is 279 Å². The van der Waals surface area contributed by atoms with Gasteiger partial charge in [0.15, 0.2) is 34.8 Å². The number of hydrogen-bond donors (Lipinski definition) is 6. The van der Waals surface area contributed by atoms with E-state index in [1.165, 1.54) is 0 Å². The standard InChI is InChI=1S/C120H74N16O2/c1-7-25-69(26-8-1)105-87-51-55-91(121-87)107(71-29-11-3-12-30-71)95-59-63-99(125-95)111(100-64-60-96(126-100)108(72-31-13-4-14-32-72)92-56-52-88(105)122-92)75-43-47-77(48-44-75)137-103-67-85-86(120-135-118-84-42-24-22-40-82(84)116(133-118)131-114-80-38-20-19-37-79(80)113(129-114)130-115-81-39-21-23-41-83(81)117(132-115)134-119(85)136-120)68-104(103)138-78-49-45-76(46-50-78)112-101-65-61-97(127-101)109(73-33-15-5-16-34-73)93-57-53-89(123-93)106(70-27-9-2-10-28-70)90-54-58-94(124-90)110(74-35-17-6-18-36-74)98-62-66-102(112)128-98/h1-68,121,123,126,128H,(H2,129,130,131,132,133,134,135,136). The highest BCUT2D eigenvalue weighted by molar-refractivity contribution is 6.10. The lowest BCUT2D eigenvalue weighted by atomic mass is 10.0. The summed E-state index contributed by atoms with van der Waals surface area (Å²) >= 11 is 0. The Hall–Kier alpha value is -19.2. The average molecular weight is 1770 g/mol. The van der Waals surface area contributed by atoms with Gasteiger partial charge < -0.3 is 39.4 Å². The Kier molecular flexibility index (Phi) is 18.4. The van der Waals surface area contributed by atoms with Gasteiger partial charge in [-0.3, -0.25) is 0 Å². The van der Waals surface area contributed by atoms with Crippen LogP contribution in [0.15, 0.2) is 364 Å². The molecule has 0 radical (unpaired) electrons. The second kappa shape index (κ2) is 32.4. The zero-order chi connectivity index (χ0) is 90.8. The summed E-state index contributed by atoms with van der Waals surface area (Å²) in [5, 5.41) is 3.07. The van der Waals surface area contributed by atoms with Crippen LogP contribution < -0.4 is 9.47 Å². The monoisotopic (exact) mass is 1770 g/mol. The van der Waals surface area contributed by atoms with Gasteiger partial charge in [0.1, 0.15) is 34.1 Å². The lowest BCUT2D eigenvalue weighted by Gasteiger charge is -2.14. The molecule has 6 aliphatic heterocycles. The summed E-state index contributed by atoms with van der Waals surface area (Å²) in [4.78, 5) is 77.6. The molecule has 0 atom stereocenters. The van der Waals surface area contributed by atoms with Gasteiger partial charge in [0.25, 0.3) is 0 Å². The predicted molar refractivity (Wildman–Crippen MR) is 557 cm³/mol. The number of nitrogens with zero attached hydrogens (tertiary/aromatic N) is 10. The highest BCUT2D eigenvalue weighted by Crippen LogP contribution is 2.48. The largest absolute Gasteiger partial charge is 0.453 e. The van der Waals surface area contributed by atoms with Crippen molar-refractivity contribution < 1.29 is 9.47 Å². The molecule has 0 spiro atoms. The van der Waals surface area contributed by atoms with Crippen molar-refractivity contribution in [1.82, 2.24) is 79.7 Å². The summed E-state index contributed by atoms with van der Waals surface area (Å²) in [6.45, 7) is 0. The third-order valence-corrected chi connectivity index (χ3v) is 26.2. The number of nitrogens with one attached hydrogen (secondary N) is 6. The van der Waals surface area contributed by atoms with E-state index >= 15 is 0 Å². The number of fused-ring (bicyclic) bond motifs is 36. The van der Waals surface area contributed by atoms with Crippen LogP contribution in [0, 0.1) is 0 Å². The van der Waals surface area contributed by atoms with E-state index in [-0.39, 0.29) is 0 Å². The smallest absolute Gasteiger partial charge is 0.170 e. The molecule has 646 valence electrons. The van der Waals surface area contributed by atoms with E-state index in [0.29, 0.717) is 79.7 Å². The highest BCUT2D eigenvalue weighted by atomic mass is 16.5. The lowest BCUT2D eigenvalue weighted by Crippen LogP contribution is -1.93. The van der Waals surface area contributed by atoms with Crippen LogP contribution in [0.3, 0.4) is 0 Å². The fourth-order valence-corrected chi connectivity index (χ4v) is 19.9. The summed E-state index contributed by atoms with van der Waals surface area (Å²) in [6, 6.07) is 124. The zero-order valence-corrected chi connectivity index (χ0v) is 73.5. The number of hydrogen-bond acceptors (Lipinski definition) is 12. The first kappa shape index (κ1) is 78.6. The van der Waals surface area contributed by atoms with E-state index in [0.717, 1.165) is 212 Å². The molecule has 24 bridgehead atoms. The molecule has 6 aliphatic rings. The summed E-state index contributed by atoms with van der Waals surface area (Å²) < 4.78 is 14.9. The van der Waals surface area contributed by atoms with Crippen molar-refractivity contribution in [3.8, 4) is 158 Å². The minimum Gasteiger partial charge on any atom is -0.453 e. The molecule has 0 saturated heterocycles. The second-order valence-corrected chi connectivity index (χ2v) is 34.5. The number of rotatable bonds is 12. The maximum absolute atomic E-state index is 7.43. The first-order valence-electron chi connectivity index (χ1n) is 45.8. The highest BCUT2D eigenvalue weighted by Gasteiger charge is 2.28. The van der Waals surface area contributed by atoms with Crippen molar-refractivity contribution in [3.05, 3.63) is 410 Å². The van der Waals surface area contributed by atoms with E-state index in [1.807, 2.05) is 146 Å². The average Bonchev–Trinajstić information content (AvgIpc) is 1.60. The Labute approximate surface area is 788 Å². The van der Waals surface area contributed by atoms with Gasteiger partial charge in [-0.25, -0.2) is 49.8 Å². The van der Waals surface area contributed by atoms with Crippen LogP contribution in [0.25, 0.3) is 271 Å². The molecule has 0 fully saturated rings. The van der Waals surface area contributed by atoms with Crippen molar-refractivity contribution in [2.45, 2.75) is 0 Å². The quantitative estimate of drug-likeness (QED) is 0.0669. The first-order chi connectivity index (χ1) is 68.3. The molecular formula is C120H74N16O2. The molecule has 15 heterocycles. The Bertz CT molecular complexity index is 8750. The topological polar surface area (TPSA) is 242 Å². The number of aromatic amines is 6. The van der Waals surface area contributed by atoms with Crippen LogP contribution in [-0.2, 0) is 0 Å². The van der Waals surface area contributed by atoms with Crippen LogP contribution in [0.4, 0.5) is 0 Å². The summed E-state index contributed by atoms with van der Waals surface area (Å²) in [7, 11) is 0. The van der Waals surface area contributed by atoms with Crippen LogP contribution in [0.1, 0.15) is 45.6 Å². The molecule has 0 unspecified atom stereocenters. The van der Waals surface area contributed by atoms with E-state index in [4.69, 9.17) is 59.3 Å². The summed E-state index contributed by atoms with van der Waals surface area (Å²) in [5.41, 5.74) is 34.1. The van der Waals surface area contributed by atoms with Crippen molar-refractivity contribution in [3.63, 3.8) is 0 Å². The molecule has 0 saturated carbocycles. The Morgan fingerprint density at radius 1 is 0.159 bits per heavy atom. The van der Waals surface area contributed by atoms with Crippen molar-refractivity contribution in [1.29, 1.82) is 0 Å². The SMILES string of the molecule is C1=Cc2nc1c(-c1ccccc1)c1ccc([nH]1)c(-c1ccccc1)c1nc(c(-c3ccc(Oc4cc5c6nc7nc(nc8[nH]c(nc9nc(nc([nH]6)c5cc4Oc4ccc(-c5c6nc(c(-c%10ccccc%10)c%10ccc([nH]%10)c(-c%10ccccc%10)c%10nc(c(-c%11ccccc%11)c%11ccc5[nH]%11)C=C%10)C=C6)cc4)-c4ccccc4-9)c4ccccc84)-c4ccccc4-7)cc3)c3ccc([nH]3)c2-c2ccccc2)C=C1. The molecule has 21 aromatic rings. The molecule has 18 heteroatoms. The van der Waals surface area contributed by atoms with E-state index < -0.39 is 0 Å². The van der Waals surface area contributed by atoms with E-state index in [9.17, 15) is 0 Å². The fraction of sp³-hybridized carbons (Fsp3) is 0. The third-order valence-electron chi connectivity index (χ3n) is 26.2. The predicted octanol–water partition coefficient (Wildman–Crippen LogP) is 29.7. The van der Waals surface area contributed by atoms with Crippen LogP contribution >= 0.6 is 0 Å². The normalized spacial score (nSPS) is 12.2. The molecule has 0 amide bonds.